The van der Waals surface area contributed by atoms with Gasteiger partial charge in [0.15, 0.2) is 0 Å². The number of carbonyl (C=O) groups excluding carboxylic acids is 2. The van der Waals surface area contributed by atoms with Gasteiger partial charge in [0.2, 0.25) is 5.91 Å². The molecule has 7 nitrogen and oxygen atoms in total. The Labute approximate surface area is 205 Å². The lowest BCUT2D eigenvalue weighted by Gasteiger charge is -2.46. The Bertz CT molecular complexity index is 1090. The van der Waals surface area contributed by atoms with Crippen LogP contribution in [0.4, 0.5) is 4.79 Å². The first-order valence-electron chi connectivity index (χ1n) is 12.5. The van der Waals surface area contributed by atoms with E-state index in [2.05, 4.69) is 29.6 Å². The predicted octanol–water partition coefficient (Wildman–Crippen LogP) is 4.41. The van der Waals surface area contributed by atoms with Crippen LogP contribution in [0.5, 0.6) is 0 Å². The molecule has 2 aromatic rings. The van der Waals surface area contributed by atoms with E-state index in [0.717, 1.165) is 30.4 Å². The summed E-state index contributed by atoms with van der Waals surface area (Å²) in [7, 11) is 0. The van der Waals surface area contributed by atoms with Crippen molar-refractivity contribution in [2.75, 3.05) is 19.7 Å². The number of hydrogen-bond donors (Lipinski definition) is 2. The van der Waals surface area contributed by atoms with E-state index in [1.54, 1.807) is 11.8 Å². The van der Waals surface area contributed by atoms with Crippen LogP contribution in [0.25, 0.3) is 11.1 Å². The monoisotopic (exact) mass is 476 g/mol. The molecule has 2 aromatic carbocycles. The molecular formula is C28H32N2O5. The smallest absolute Gasteiger partial charge is 0.407 e. The standard InChI is InChI=1S/C28H32N2O5/c1-28(26(32)33)16-30(17-28)25(31)22-13-3-2-4-14-24(22)29-27(34)35-15-23-20-11-7-5-9-18(20)19-10-6-8-12-21(19)23/h5-12,22-24H,2-4,13-17H2,1H3,(H,29,34)(H,32,33)/t22-,24+/m1/s1. The van der Waals surface area contributed by atoms with E-state index >= 15 is 0 Å². The van der Waals surface area contributed by atoms with Crippen molar-refractivity contribution < 1.29 is 24.2 Å². The zero-order valence-corrected chi connectivity index (χ0v) is 20.0. The van der Waals surface area contributed by atoms with Crippen molar-refractivity contribution in [3.05, 3.63) is 59.7 Å². The highest BCUT2D eigenvalue weighted by molar-refractivity contribution is 5.85. The Balaban J connectivity index is 1.23. The highest BCUT2D eigenvalue weighted by Crippen LogP contribution is 2.44. The Morgan fingerprint density at radius 2 is 1.57 bits per heavy atom. The van der Waals surface area contributed by atoms with Crippen LogP contribution in [0.2, 0.25) is 0 Å². The van der Waals surface area contributed by atoms with E-state index in [1.807, 2.05) is 24.3 Å². The quantitative estimate of drug-likeness (QED) is 0.624. The maximum Gasteiger partial charge on any atom is 0.407 e. The van der Waals surface area contributed by atoms with E-state index in [0.29, 0.717) is 12.8 Å². The Hall–Kier alpha value is -3.35. The molecule has 1 saturated heterocycles. The summed E-state index contributed by atoms with van der Waals surface area (Å²) >= 11 is 0. The molecule has 2 amide bonds. The fraction of sp³-hybridized carbons (Fsp3) is 0.464. The molecule has 2 N–H and O–H groups in total. The van der Waals surface area contributed by atoms with Crippen LogP contribution in [0, 0.1) is 11.3 Å². The van der Waals surface area contributed by atoms with Gasteiger partial charge >= 0.3 is 12.1 Å². The number of likely N-dealkylation sites (tertiary alicyclic amines) is 1. The average Bonchev–Trinajstić information content (AvgIpc) is 2.96. The molecule has 5 rings (SSSR count). The summed E-state index contributed by atoms with van der Waals surface area (Å²) in [4.78, 5) is 39.2. The molecule has 0 bridgehead atoms. The van der Waals surface area contributed by atoms with Crippen molar-refractivity contribution in [3.8, 4) is 11.1 Å². The van der Waals surface area contributed by atoms with E-state index in [9.17, 15) is 19.5 Å². The van der Waals surface area contributed by atoms with Gasteiger partial charge in [-0.3, -0.25) is 9.59 Å². The first-order valence-corrected chi connectivity index (χ1v) is 12.5. The molecule has 0 aromatic heterocycles. The number of nitrogens with zero attached hydrogens (tertiary/aromatic N) is 1. The number of benzene rings is 2. The van der Waals surface area contributed by atoms with Crippen LogP contribution in [0.1, 0.15) is 56.1 Å². The van der Waals surface area contributed by atoms with Crippen LogP contribution in [0.3, 0.4) is 0 Å². The van der Waals surface area contributed by atoms with E-state index in [4.69, 9.17) is 4.74 Å². The predicted molar refractivity (Wildman–Crippen MR) is 131 cm³/mol. The molecule has 1 heterocycles. The van der Waals surface area contributed by atoms with Gasteiger partial charge in [0.1, 0.15) is 6.61 Å². The van der Waals surface area contributed by atoms with Gasteiger partial charge in [-0.1, -0.05) is 67.8 Å². The topological polar surface area (TPSA) is 95.9 Å². The van der Waals surface area contributed by atoms with Crippen LogP contribution in [-0.4, -0.2) is 53.7 Å². The third-order valence-electron chi connectivity index (χ3n) is 7.89. The minimum absolute atomic E-state index is 0.0190. The summed E-state index contributed by atoms with van der Waals surface area (Å²) in [5.41, 5.74) is 3.78. The molecule has 1 aliphatic heterocycles. The molecule has 3 aliphatic rings. The fourth-order valence-corrected chi connectivity index (χ4v) is 5.89. The molecule has 184 valence electrons. The van der Waals surface area contributed by atoms with Crippen molar-refractivity contribution in [1.29, 1.82) is 0 Å². The molecule has 7 heteroatoms. The van der Waals surface area contributed by atoms with Crippen molar-refractivity contribution >= 4 is 18.0 Å². The van der Waals surface area contributed by atoms with Crippen LogP contribution in [-0.2, 0) is 14.3 Å². The van der Waals surface area contributed by atoms with Crippen molar-refractivity contribution in [2.24, 2.45) is 11.3 Å². The van der Waals surface area contributed by atoms with Gasteiger partial charge in [-0.2, -0.15) is 0 Å². The second kappa shape index (κ2) is 9.36. The number of fused-ring (bicyclic) bond motifs is 3. The second-order valence-electron chi connectivity index (χ2n) is 10.4. The lowest BCUT2D eigenvalue weighted by atomic mass is 9.80. The number of rotatable bonds is 5. The van der Waals surface area contributed by atoms with Crippen molar-refractivity contribution in [2.45, 2.75) is 51.0 Å². The number of alkyl carbamates (subject to hydrolysis) is 1. The highest BCUT2D eigenvalue weighted by Gasteiger charge is 2.49. The van der Waals surface area contributed by atoms with Gasteiger partial charge in [0.05, 0.1) is 11.3 Å². The summed E-state index contributed by atoms with van der Waals surface area (Å²) in [6.07, 6.45) is 3.77. The number of aliphatic carboxylic acids is 1. The lowest BCUT2D eigenvalue weighted by Crippen LogP contribution is -2.63. The zero-order chi connectivity index (χ0) is 24.6. The SMILES string of the molecule is CC1(C(=O)O)CN(C(=O)[C@@H]2CCCCC[C@@H]2NC(=O)OCC2c3ccccc3-c3ccccc32)C1. The van der Waals surface area contributed by atoms with E-state index in [1.165, 1.54) is 11.1 Å². The molecular weight excluding hydrogens is 444 g/mol. The normalized spacial score (nSPS) is 22.8. The minimum atomic E-state index is -0.879. The lowest BCUT2D eigenvalue weighted by molar-refractivity contribution is -0.166. The van der Waals surface area contributed by atoms with Crippen LogP contribution in [0.15, 0.2) is 48.5 Å². The number of carbonyl (C=O) groups is 3. The number of nitrogens with one attached hydrogen (secondary N) is 1. The molecule has 0 unspecified atom stereocenters. The van der Waals surface area contributed by atoms with Gasteiger partial charge in [-0.25, -0.2) is 4.79 Å². The molecule has 0 spiro atoms. The maximum atomic E-state index is 13.2. The van der Waals surface area contributed by atoms with Crippen LogP contribution >= 0.6 is 0 Å². The van der Waals surface area contributed by atoms with E-state index < -0.39 is 17.5 Å². The van der Waals surface area contributed by atoms with Gasteiger partial charge in [-0.15, -0.1) is 0 Å². The van der Waals surface area contributed by atoms with Crippen LogP contribution < -0.4 is 5.32 Å². The largest absolute Gasteiger partial charge is 0.481 e. The summed E-state index contributed by atoms with van der Waals surface area (Å²) in [5.74, 6) is -1.31. The molecule has 1 saturated carbocycles. The first-order chi connectivity index (χ1) is 16.9. The minimum Gasteiger partial charge on any atom is -0.481 e. The number of carboxylic acid groups (broad SMARTS) is 1. The van der Waals surface area contributed by atoms with E-state index in [-0.39, 0.29) is 43.5 Å². The molecule has 35 heavy (non-hydrogen) atoms. The third-order valence-corrected chi connectivity index (χ3v) is 7.89. The first kappa shape index (κ1) is 23.4. The Kier molecular flexibility index (Phi) is 6.26. The third kappa shape index (κ3) is 4.40. The number of amides is 2. The summed E-state index contributed by atoms with van der Waals surface area (Å²) in [6.45, 7) is 2.33. The zero-order valence-electron chi connectivity index (χ0n) is 20.0. The number of hydrogen-bond acceptors (Lipinski definition) is 4. The van der Waals surface area contributed by atoms with Gasteiger partial charge < -0.3 is 20.1 Å². The van der Waals surface area contributed by atoms with Crippen molar-refractivity contribution in [1.82, 2.24) is 10.2 Å². The summed E-state index contributed by atoms with van der Waals surface area (Å²) in [6, 6.07) is 16.1. The maximum absolute atomic E-state index is 13.2. The van der Waals surface area contributed by atoms with Crippen molar-refractivity contribution in [3.63, 3.8) is 0 Å². The Morgan fingerprint density at radius 1 is 0.971 bits per heavy atom. The number of ether oxygens (including phenoxy) is 1. The summed E-state index contributed by atoms with van der Waals surface area (Å²) in [5, 5.41) is 12.4. The second-order valence-corrected chi connectivity index (χ2v) is 10.4. The van der Waals surface area contributed by atoms with Gasteiger partial charge in [-0.05, 0) is 42.0 Å². The highest BCUT2D eigenvalue weighted by atomic mass is 16.5. The van der Waals surface area contributed by atoms with Gasteiger partial charge in [0.25, 0.3) is 0 Å². The molecule has 2 atom stereocenters. The number of carboxylic acids is 1. The Morgan fingerprint density at radius 3 is 2.20 bits per heavy atom. The molecule has 2 fully saturated rings. The average molecular weight is 477 g/mol. The fourth-order valence-electron chi connectivity index (χ4n) is 5.89. The molecule has 0 radical (unpaired) electrons. The molecule has 2 aliphatic carbocycles. The van der Waals surface area contributed by atoms with Gasteiger partial charge in [0, 0.05) is 25.0 Å². The summed E-state index contributed by atoms with van der Waals surface area (Å²) < 4.78 is 5.72.